The molecule has 0 amide bonds. The SMILES string of the molecule is OB(O)OC(Cc1ccccc1-c1ccccc1)(c1ccccc1)c1ccccc1. The molecule has 4 aromatic carbocycles. The van der Waals surface area contributed by atoms with Crippen molar-refractivity contribution in [2.45, 2.75) is 12.0 Å². The largest absolute Gasteiger partial charge is 0.634 e. The fraction of sp³-hybridized carbons (Fsp3) is 0.0769. The van der Waals surface area contributed by atoms with Crippen LogP contribution in [0, 0.1) is 0 Å². The first-order chi connectivity index (χ1) is 14.7. The first kappa shape index (κ1) is 20.1. The number of hydrogen-bond acceptors (Lipinski definition) is 3. The second-order valence-electron chi connectivity index (χ2n) is 7.20. The topological polar surface area (TPSA) is 49.7 Å². The molecule has 0 aliphatic heterocycles. The Morgan fingerprint density at radius 3 is 1.60 bits per heavy atom. The van der Waals surface area contributed by atoms with Gasteiger partial charge in [0.05, 0.1) is 0 Å². The monoisotopic (exact) mass is 394 g/mol. The third-order valence-electron chi connectivity index (χ3n) is 5.33. The number of rotatable bonds is 7. The van der Waals surface area contributed by atoms with E-state index >= 15 is 0 Å². The second-order valence-corrected chi connectivity index (χ2v) is 7.20. The summed E-state index contributed by atoms with van der Waals surface area (Å²) in [4.78, 5) is 0. The molecule has 0 saturated heterocycles. The van der Waals surface area contributed by atoms with Gasteiger partial charge in [-0.05, 0) is 27.8 Å². The summed E-state index contributed by atoms with van der Waals surface area (Å²) in [6.45, 7) is 0. The van der Waals surface area contributed by atoms with E-state index in [1.807, 2.05) is 91.0 Å². The van der Waals surface area contributed by atoms with Crippen molar-refractivity contribution in [2.75, 3.05) is 0 Å². The average Bonchev–Trinajstić information content (AvgIpc) is 2.80. The van der Waals surface area contributed by atoms with E-state index in [1.165, 1.54) is 0 Å². The summed E-state index contributed by atoms with van der Waals surface area (Å²) >= 11 is 0. The Bertz CT molecular complexity index is 1030. The Morgan fingerprint density at radius 1 is 0.600 bits per heavy atom. The Hall–Kier alpha value is -3.18. The number of hydrogen-bond donors (Lipinski definition) is 2. The van der Waals surface area contributed by atoms with Crippen LogP contribution in [0.4, 0.5) is 0 Å². The van der Waals surface area contributed by atoms with E-state index in [1.54, 1.807) is 0 Å². The first-order valence-electron chi connectivity index (χ1n) is 9.97. The van der Waals surface area contributed by atoms with Crippen molar-refractivity contribution >= 4 is 7.32 Å². The zero-order chi connectivity index (χ0) is 20.8. The molecule has 0 fully saturated rings. The second kappa shape index (κ2) is 9.10. The summed E-state index contributed by atoms with van der Waals surface area (Å²) in [5.41, 5.74) is 3.89. The molecule has 148 valence electrons. The molecular weight excluding hydrogens is 371 g/mol. The van der Waals surface area contributed by atoms with Crippen LogP contribution in [-0.4, -0.2) is 17.4 Å². The molecule has 30 heavy (non-hydrogen) atoms. The van der Waals surface area contributed by atoms with Crippen molar-refractivity contribution in [3.05, 3.63) is 132 Å². The molecule has 0 aliphatic rings. The van der Waals surface area contributed by atoms with Crippen LogP contribution in [0.1, 0.15) is 16.7 Å². The molecule has 0 aliphatic carbocycles. The van der Waals surface area contributed by atoms with Gasteiger partial charge >= 0.3 is 7.32 Å². The Morgan fingerprint density at radius 2 is 1.07 bits per heavy atom. The van der Waals surface area contributed by atoms with E-state index in [4.69, 9.17) is 4.65 Å². The van der Waals surface area contributed by atoms with Gasteiger partial charge < -0.3 is 14.7 Å². The van der Waals surface area contributed by atoms with Gasteiger partial charge in [0.2, 0.25) is 0 Å². The number of benzene rings is 4. The van der Waals surface area contributed by atoms with Crippen LogP contribution in [0.3, 0.4) is 0 Å². The third kappa shape index (κ3) is 4.21. The maximum atomic E-state index is 9.91. The van der Waals surface area contributed by atoms with Gasteiger partial charge in [-0.3, -0.25) is 0 Å². The molecule has 0 bridgehead atoms. The maximum absolute atomic E-state index is 9.91. The molecule has 2 N–H and O–H groups in total. The van der Waals surface area contributed by atoms with Crippen molar-refractivity contribution in [3.63, 3.8) is 0 Å². The van der Waals surface area contributed by atoms with Gasteiger partial charge in [-0.15, -0.1) is 0 Å². The van der Waals surface area contributed by atoms with Gasteiger partial charge in [-0.25, -0.2) is 0 Å². The van der Waals surface area contributed by atoms with Crippen LogP contribution in [0.15, 0.2) is 115 Å². The molecule has 0 heterocycles. The van der Waals surface area contributed by atoms with E-state index in [2.05, 4.69) is 24.3 Å². The third-order valence-corrected chi connectivity index (χ3v) is 5.33. The lowest BCUT2D eigenvalue weighted by Gasteiger charge is -2.36. The van der Waals surface area contributed by atoms with Gasteiger partial charge in [0.1, 0.15) is 5.60 Å². The molecule has 4 heteroatoms. The highest BCUT2D eigenvalue weighted by molar-refractivity contribution is 6.32. The van der Waals surface area contributed by atoms with E-state index < -0.39 is 12.9 Å². The summed E-state index contributed by atoms with van der Waals surface area (Å²) in [6.07, 6.45) is 0.434. The summed E-state index contributed by atoms with van der Waals surface area (Å²) in [6, 6.07) is 37.8. The molecule has 0 radical (unpaired) electrons. The van der Waals surface area contributed by atoms with Crippen molar-refractivity contribution < 1.29 is 14.7 Å². The van der Waals surface area contributed by atoms with E-state index in [0.29, 0.717) is 6.42 Å². The van der Waals surface area contributed by atoms with Crippen molar-refractivity contribution in [1.29, 1.82) is 0 Å². The molecule has 4 aromatic rings. The highest BCUT2D eigenvalue weighted by atomic mass is 16.6. The zero-order valence-electron chi connectivity index (χ0n) is 16.6. The van der Waals surface area contributed by atoms with Crippen LogP contribution in [0.5, 0.6) is 0 Å². The van der Waals surface area contributed by atoms with Gasteiger partial charge in [-0.1, -0.05) is 115 Å². The van der Waals surface area contributed by atoms with E-state index in [9.17, 15) is 10.0 Å². The quantitative estimate of drug-likeness (QED) is 0.442. The summed E-state index contributed by atoms with van der Waals surface area (Å²) in [5, 5.41) is 19.8. The highest BCUT2D eigenvalue weighted by Gasteiger charge is 2.39. The van der Waals surface area contributed by atoms with Crippen LogP contribution in [-0.2, 0) is 16.7 Å². The van der Waals surface area contributed by atoms with Gasteiger partial charge in [-0.2, -0.15) is 0 Å². The zero-order valence-corrected chi connectivity index (χ0v) is 16.6. The summed E-state index contributed by atoms with van der Waals surface area (Å²) < 4.78 is 5.92. The predicted octanol–water partition coefficient (Wildman–Crippen LogP) is 4.83. The average molecular weight is 394 g/mol. The Kier molecular flexibility index (Phi) is 6.10. The molecule has 0 spiro atoms. The van der Waals surface area contributed by atoms with E-state index in [-0.39, 0.29) is 0 Å². The summed E-state index contributed by atoms with van der Waals surface area (Å²) in [7, 11) is -1.92. The lowest BCUT2D eigenvalue weighted by atomic mass is 9.78. The van der Waals surface area contributed by atoms with Crippen LogP contribution < -0.4 is 0 Å². The maximum Gasteiger partial charge on any atom is 0.634 e. The highest BCUT2D eigenvalue weighted by Crippen LogP contribution is 2.39. The molecule has 0 aromatic heterocycles. The minimum Gasteiger partial charge on any atom is -0.402 e. The Balaban J connectivity index is 1.90. The molecule has 0 saturated carbocycles. The Labute approximate surface area is 177 Å². The van der Waals surface area contributed by atoms with Crippen molar-refractivity contribution in [3.8, 4) is 11.1 Å². The molecule has 4 rings (SSSR count). The minimum absolute atomic E-state index is 0.434. The van der Waals surface area contributed by atoms with Gasteiger partial charge in [0.25, 0.3) is 0 Å². The van der Waals surface area contributed by atoms with Crippen molar-refractivity contribution in [2.24, 2.45) is 0 Å². The van der Waals surface area contributed by atoms with Crippen molar-refractivity contribution in [1.82, 2.24) is 0 Å². The standard InChI is InChI=1S/C26H23BO3/c28-27(29)30-26(23-15-6-2-7-16-23,24-17-8-3-9-18-24)20-22-14-10-11-19-25(22)21-12-4-1-5-13-21/h1-19,28-29H,20H2. The molecular formula is C26H23BO3. The first-order valence-corrected chi connectivity index (χ1v) is 9.97. The van der Waals surface area contributed by atoms with Crippen LogP contribution in [0.2, 0.25) is 0 Å². The predicted molar refractivity (Wildman–Crippen MR) is 121 cm³/mol. The fourth-order valence-corrected chi connectivity index (χ4v) is 3.99. The van der Waals surface area contributed by atoms with Crippen LogP contribution in [0.25, 0.3) is 11.1 Å². The minimum atomic E-state index is -1.92. The lowest BCUT2D eigenvalue weighted by molar-refractivity contribution is 0.0495. The van der Waals surface area contributed by atoms with Gasteiger partial charge in [0.15, 0.2) is 0 Å². The molecule has 0 atom stereocenters. The van der Waals surface area contributed by atoms with Crippen LogP contribution >= 0.6 is 0 Å². The fourth-order valence-electron chi connectivity index (χ4n) is 3.99. The van der Waals surface area contributed by atoms with E-state index in [0.717, 1.165) is 27.8 Å². The van der Waals surface area contributed by atoms with Gasteiger partial charge in [0, 0.05) is 6.42 Å². The summed E-state index contributed by atoms with van der Waals surface area (Å²) in [5.74, 6) is 0. The normalized spacial score (nSPS) is 11.3. The smallest absolute Gasteiger partial charge is 0.402 e. The molecule has 3 nitrogen and oxygen atoms in total. The molecule has 0 unspecified atom stereocenters. The lowest BCUT2D eigenvalue weighted by Crippen LogP contribution is -2.40.